The monoisotopic (exact) mass is 418 g/mol. The van der Waals surface area contributed by atoms with Crippen LogP contribution in [0.1, 0.15) is 76.8 Å². The van der Waals surface area contributed by atoms with Crippen LogP contribution < -0.4 is 5.32 Å². The Labute approximate surface area is 183 Å². The van der Waals surface area contributed by atoms with E-state index in [1.807, 2.05) is 13.8 Å². The zero-order chi connectivity index (χ0) is 22.1. The lowest BCUT2D eigenvalue weighted by Gasteiger charge is -2.30. The number of carbonyl (C=O) groups is 1. The van der Waals surface area contributed by atoms with E-state index in [2.05, 4.69) is 55.3 Å². The average molecular weight is 419 g/mol. The van der Waals surface area contributed by atoms with E-state index in [-0.39, 0.29) is 12.6 Å². The van der Waals surface area contributed by atoms with Crippen LogP contribution in [-0.2, 0) is 9.53 Å². The van der Waals surface area contributed by atoms with Gasteiger partial charge in [0.15, 0.2) is 0 Å². The predicted octanol–water partition coefficient (Wildman–Crippen LogP) is 3.92. The maximum atomic E-state index is 12.8. The van der Waals surface area contributed by atoms with Gasteiger partial charge in [-0.15, -0.1) is 0 Å². The number of carbonyl (C=O) groups excluding carboxylic acids is 1. The molecule has 2 N–H and O–H groups in total. The van der Waals surface area contributed by atoms with Gasteiger partial charge in [-0.05, 0) is 56.1 Å². The largest absolute Gasteiger partial charge is 0.462 e. The molecular weight excluding hydrogens is 376 g/mol. The van der Waals surface area contributed by atoms with Gasteiger partial charge in [-0.2, -0.15) is 0 Å². The van der Waals surface area contributed by atoms with Crippen molar-refractivity contribution in [1.29, 1.82) is 0 Å². The van der Waals surface area contributed by atoms with E-state index in [0.717, 1.165) is 45.4 Å². The van der Waals surface area contributed by atoms with E-state index in [9.17, 15) is 9.90 Å². The minimum absolute atomic E-state index is 0.0620. The van der Waals surface area contributed by atoms with Crippen LogP contribution in [0.5, 0.6) is 0 Å². The van der Waals surface area contributed by atoms with Crippen LogP contribution in [0.3, 0.4) is 0 Å². The van der Waals surface area contributed by atoms with Crippen molar-refractivity contribution >= 4 is 5.97 Å². The molecule has 0 bridgehead atoms. The highest BCUT2D eigenvalue weighted by molar-refractivity contribution is 5.76. The molecule has 2 rings (SSSR count). The fourth-order valence-electron chi connectivity index (χ4n) is 4.16. The molecule has 3 unspecified atom stereocenters. The summed E-state index contributed by atoms with van der Waals surface area (Å²) in [5, 5.41) is 13.6. The lowest BCUT2D eigenvalue weighted by Crippen LogP contribution is -2.47. The normalized spacial score (nSPS) is 18.6. The third-order valence-corrected chi connectivity index (χ3v) is 6.45. The summed E-state index contributed by atoms with van der Waals surface area (Å²) in [6, 6.07) is 8.82. The van der Waals surface area contributed by atoms with E-state index < -0.39 is 11.5 Å². The molecule has 1 aliphatic rings. The number of esters is 1. The zero-order valence-electron chi connectivity index (χ0n) is 19.6. The molecule has 1 aromatic carbocycles. The first-order valence-electron chi connectivity index (χ1n) is 11.6. The van der Waals surface area contributed by atoms with Crippen LogP contribution in [0.2, 0.25) is 0 Å². The van der Waals surface area contributed by atoms with Crippen molar-refractivity contribution < 1.29 is 14.6 Å². The van der Waals surface area contributed by atoms with Gasteiger partial charge in [-0.25, -0.2) is 0 Å². The Kier molecular flexibility index (Phi) is 9.79. The molecule has 3 atom stereocenters. The lowest BCUT2D eigenvalue weighted by molar-refractivity contribution is -0.158. The molecule has 0 spiro atoms. The highest BCUT2D eigenvalue weighted by Gasteiger charge is 2.33. The Balaban J connectivity index is 1.91. The van der Waals surface area contributed by atoms with Crippen molar-refractivity contribution in [3.8, 4) is 0 Å². The minimum atomic E-state index is -0.642. The first-order chi connectivity index (χ1) is 14.3. The highest BCUT2D eigenvalue weighted by atomic mass is 16.5. The van der Waals surface area contributed by atoms with Crippen LogP contribution in [0, 0.1) is 5.41 Å². The number of nitrogens with one attached hydrogen (secondary N) is 1. The molecule has 30 heavy (non-hydrogen) atoms. The van der Waals surface area contributed by atoms with Crippen LogP contribution in [0.25, 0.3) is 0 Å². The molecular formula is C25H42N2O3. The number of aliphatic hydroxyl groups excluding tert-OH is 1. The summed E-state index contributed by atoms with van der Waals surface area (Å²) in [4.78, 5) is 15.0. The summed E-state index contributed by atoms with van der Waals surface area (Å²) in [5.41, 5.74) is 2.07. The number of nitrogens with zero attached hydrogens (tertiary/aromatic N) is 1. The summed E-state index contributed by atoms with van der Waals surface area (Å²) in [5.74, 6) is 0.623. The quantitative estimate of drug-likeness (QED) is 0.534. The first-order valence-corrected chi connectivity index (χ1v) is 11.6. The minimum Gasteiger partial charge on any atom is -0.462 e. The summed E-state index contributed by atoms with van der Waals surface area (Å²) >= 11 is 0. The van der Waals surface area contributed by atoms with E-state index in [0.29, 0.717) is 18.4 Å². The second-order valence-electron chi connectivity index (χ2n) is 9.48. The molecule has 1 saturated heterocycles. The molecule has 1 aromatic rings. The van der Waals surface area contributed by atoms with Crippen molar-refractivity contribution in [2.75, 3.05) is 39.3 Å². The molecule has 5 heteroatoms. The maximum absolute atomic E-state index is 12.8. The van der Waals surface area contributed by atoms with Gasteiger partial charge in [-0.1, -0.05) is 45.0 Å². The number of benzene rings is 1. The number of hydrogen-bond acceptors (Lipinski definition) is 5. The van der Waals surface area contributed by atoms with E-state index >= 15 is 0 Å². The Morgan fingerprint density at radius 1 is 1.20 bits per heavy atom. The molecule has 1 aliphatic heterocycles. The van der Waals surface area contributed by atoms with Crippen LogP contribution in [0.15, 0.2) is 24.3 Å². The number of ether oxygens (including phenoxy) is 1. The molecule has 1 heterocycles. The number of hydrogen-bond donors (Lipinski definition) is 2. The Hall–Kier alpha value is -1.43. The summed E-state index contributed by atoms with van der Waals surface area (Å²) in [6.07, 6.45) is 2.19. The number of piperazine rings is 1. The lowest BCUT2D eigenvalue weighted by atomic mass is 9.78. The second-order valence-corrected chi connectivity index (χ2v) is 9.48. The smallest absolute Gasteiger partial charge is 0.311 e. The predicted molar refractivity (Wildman–Crippen MR) is 123 cm³/mol. The highest BCUT2D eigenvalue weighted by Crippen LogP contribution is 2.36. The molecule has 0 radical (unpaired) electrons. The van der Waals surface area contributed by atoms with Gasteiger partial charge in [0.1, 0.15) is 12.7 Å². The topological polar surface area (TPSA) is 61.8 Å². The first kappa shape index (κ1) is 24.8. The van der Waals surface area contributed by atoms with Gasteiger partial charge < -0.3 is 15.2 Å². The molecule has 170 valence electrons. The second kappa shape index (κ2) is 11.8. The van der Waals surface area contributed by atoms with Crippen LogP contribution >= 0.6 is 0 Å². The number of rotatable bonds is 11. The Morgan fingerprint density at radius 2 is 1.87 bits per heavy atom. The Morgan fingerprint density at radius 3 is 2.50 bits per heavy atom. The van der Waals surface area contributed by atoms with Crippen molar-refractivity contribution in [2.45, 2.75) is 71.8 Å². The van der Waals surface area contributed by atoms with Crippen molar-refractivity contribution in [1.82, 2.24) is 10.2 Å². The van der Waals surface area contributed by atoms with E-state index in [4.69, 9.17) is 4.74 Å². The average Bonchev–Trinajstić information content (AvgIpc) is 2.76. The fourth-order valence-corrected chi connectivity index (χ4v) is 4.16. The zero-order valence-corrected chi connectivity index (χ0v) is 19.6. The standard InChI is InChI=1S/C25H42N2O3/c1-6-19(3)21-9-8-10-22(15-21)20(7-2)16-25(4,5)24(29)30-18-23(28)17-27-13-11-26-12-14-27/h8-10,15,19-20,23,26,28H,6-7,11-14,16-18H2,1-5H3. The van der Waals surface area contributed by atoms with Crippen molar-refractivity contribution in [2.24, 2.45) is 5.41 Å². The summed E-state index contributed by atoms with van der Waals surface area (Å²) in [7, 11) is 0. The van der Waals surface area contributed by atoms with E-state index in [1.54, 1.807) is 0 Å². The maximum Gasteiger partial charge on any atom is 0.311 e. The summed E-state index contributed by atoms with van der Waals surface area (Å²) in [6.45, 7) is 14.9. The molecule has 0 aliphatic carbocycles. The third kappa shape index (κ3) is 7.36. The van der Waals surface area contributed by atoms with Gasteiger partial charge in [0.25, 0.3) is 0 Å². The number of aliphatic hydroxyl groups is 1. The molecule has 0 aromatic heterocycles. The molecule has 0 amide bonds. The van der Waals surface area contributed by atoms with Gasteiger partial charge in [0.2, 0.25) is 0 Å². The molecule has 5 nitrogen and oxygen atoms in total. The van der Waals surface area contributed by atoms with Gasteiger partial charge >= 0.3 is 5.97 Å². The molecule has 1 fully saturated rings. The SMILES string of the molecule is CCC(C)c1cccc(C(CC)CC(C)(C)C(=O)OCC(O)CN2CCNCC2)c1. The van der Waals surface area contributed by atoms with Crippen LogP contribution in [-0.4, -0.2) is 61.4 Å². The van der Waals surface area contributed by atoms with Crippen molar-refractivity contribution in [3.63, 3.8) is 0 Å². The molecule has 0 saturated carbocycles. The van der Waals surface area contributed by atoms with Gasteiger partial charge in [0, 0.05) is 32.7 Å². The Bertz CT molecular complexity index is 656. The number of β-amino-alcohol motifs (C(OH)–C–C–N with tert-alkyl or cyclic N) is 1. The summed E-state index contributed by atoms with van der Waals surface area (Å²) < 4.78 is 5.54. The van der Waals surface area contributed by atoms with Crippen LogP contribution in [0.4, 0.5) is 0 Å². The van der Waals surface area contributed by atoms with Gasteiger partial charge in [-0.3, -0.25) is 9.69 Å². The van der Waals surface area contributed by atoms with E-state index in [1.165, 1.54) is 11.1 Å². The third-order valence-electron chi connectivity index (χ3n) is 6.45. The van der Waals surface area contributed by atoms with Gasteiger partial charge in [0.05, 0.1) is 5.41 Å². The van der Waals surface area contributed by atoms with Crippen molar-refractivity contribution in [3.05, 3.63) is 35.4 Å². The fraction of sp³-hybridized carbons (Fsp3) is 0.720.